The van der Waals surface area contributed by atoms with Gasteiger partial charge in [-0.1, -0.05) is 13.8 Å². The van der Waals surface area contributed by atoms with Crippen LogP contribution in [0.15, 0.2) is 0 Å². The van der Waals surface area contributed by atoms with Crippen molar-refractivity contribution in [2.45, 2.75) is 52.6 Å². The molecule has 0 aromatic carbocycles. The van der Waals surface area contributed by atoms with Crippen molar-refractivity contribution in [3.05, 3.63) is 0 Å². The van der Waals surface area contributed by atoms with E-state index in [9.17, 15) is 4.79 Å². The molecule has 13 heavy (non-hydrogen) atoms. The van der Waals surface area contributed by atoms with Crippen molar-refractivity contribution in [2.75, 3.05) is 0 Å². The summed E-state index contributed by atoms with van der Waals surface area (Å²) in [6.07, 6.45) is 2.19. The second-order valence-electron chi connectivity index (χ2n) is 5.04. The van der Waals surface area contributed by atoms with E-state index >= 15 is 0 Å². The van der Waals surface area contributed by atoms with Crippen molar-refractivity contribution in [2.24, 2.45) is 5.41 Å². The zero-order valence-electron chi connectivity index (χ0n) is 8.98. The van der Waals surface area contributed by atoms with Crippen molar-refractivity contribution in [3.8, 4) is 0 Å². The van der Waals surface area contributed by atoms with Crippen LogP contribution in [0.3, 0.4) is 0 Å². The molecule has 0 aliphatic heterocycles. The molecule has 0 saturated heterocycles. The first-order chi connectivity index (χ1) is 5.89. The summed E-state index contributed by atoms with van der Waals surface area (Å²) in [4.78, 5) is 11.2. The molecule has 0 radical (unpaired) electrons. The molecule has 1 fully saturated rings. The minimum atomic E-state index is -0.0319. The average Bonchev–Trinajstić information content (AvgIpc) is 1.79. The standard InChI is InChI=1S/C10H20N2O/c1-7(2)11-9(13)12-8-5-10(3,4)6-8/h7-8H,5-6H2,1-4H3,(H2,11,12,13). The predicted octanol–water partition coefficient (Wildman–Crippen LogP) is 1.88. The average molecular weight is 184 g/mol. The molecule has 1 saturated carbocycles. The van der Waals surface area contributed by atoms with Gasteiger partial charge in [0.2, 0.25) is 0 Å². The molecule has 2 N–H and O–H groups in total. The van der Waals surface area contributed by atoms with Crippen LogP contribution < -0.4 is 10.6 Å². The smallest absolute Gasteiger partial charge is 0.315 e. The Bertz CT molecular complexity index is 191. The maximum Gasteiger partial charge on any atom is 0.315 e. The molecular weight excluding hydrogens is 164 g/mol. The van der Waals surface area contributed by atoms with Gasteiger partial charge in [-0.05, 0) is 32.1 Å². The Morgan fingerprint density at radius 1 is 1.38 bits per heavy atom. The number of urea groups is 1. The fraction of sp³-hybridized carbons (Fsp3) is 0.900. The summed E-state index contributed by atoms with van der Waals surface area (Å²) < 4.78 is 0. The highest BCUT2D eigenvalue weighted by molar-refractivity contribution is 5.74. The van der Waals surface area contributed by atoms with Crippen molar-refractivity contribution in [1.82, 2.24) is 10.6 Å². The highest BCUT2D eigenvalue weighted by atomic mass is 16.2. The quantitative estimate of drug-likeness (QED) is 0.676. The topological polar surface area (TPSA) is 41.1 Å². The van der Waals surface area contributed by atoms with Crippen LogP contribution in [0, 0.1) is 5.41 Å². The molecule has 1 aliphatic carbocycles. The van der Waals surface area contributed by atoms with E-state index in [4.69, 9.17) is 0 Å². The molecule has 0 heterocycles. The van der Waals surface area contributed by atoms with Gasteiger partial charge in [0.1, 0.15) is 0 Å². The Hall–Kier alpha value is -0.730. The normalized spacial score (nSPS) is 21.0. The van der Waals surface area contributed by atoms with E-state index in [0.29, 0.717) is 11.5 Å². The summed E-state index contributed by atoms with van der Waals surface area (Å²) in [6, 6.07) is 0.567. The number of nitrogens with one attached hydrogen (secondary N) is 2. The van der Waals surface area contributed by atoms with E-state index in [2.05, 4.69) is 24.5 Å². The number of amides is 2. The van der Waals surface area contributed by atoms with Crippen molar-refractivity contribution in [1.29, 1.82) is 0 Å². The molecular formula is C10H20N2O. The minimum absolute atomic E-state index is 0.0319. The third-order valence-electron chi connectivity index (χ3n) is 2.35. The molecule has 0 bridgehead atoms. The molecule has 2 amide bonds. The van der Waals surface area contributed by atoms with Crippen LogP contribution in [0.1, 0.15) is 40.5 Å². The van der Waals surface area contributed by atoms with E-state index in [1.54, 1.807) is 0 Å². The van der Waals surface area contributed by atoms with Gasteiger partial charge >= 0.3 is 6.03 Å². The van der Waals surface area contributed by atoms with Crippen LogP contribution in [0.2, 0.25) is 0 Å². The largest absolute Gasteiger partial charge is 0.336 e. The monoisotopic (exact) mass is 184 g/mol. The Kier molecular flexibility index (Phi) is 2.84. The van der Waals surface area contributed by atoms with Crippen LogP contribution in [0.4, 0.5) is 4.79 Å². The Morgan fingerprint density at radius 2 is 1.92 bits per heavy atom. The lowest BCUT2D eigenvalue weighted by atomic mass is 9.68. The van der Waals surface area contributed by atoms with E-state index in [0.717, 1.165) is 12.8 Å². The van der Waals surface area contributed by atoms with Gasteiger partial charge < -0.3 is 10.6 Å². The summed E-state index contributed by atoms with van der Waals surface area (Å²) in [6.45, 7) is 8.38. The Balaban J connectivity index is 2.17. The van der Waals surface area contributed by atoms with Crippen LogP contribution in [0.25, 0.3) is 0 Å². The zero-order valence-corrected chi connectivity index (χ0v) is 8.98. The summed E-state index contributed by atoms with van der Waals surface area (Å²) in [7, 11) is 0. The zero-order chi connectivity index (χ0) is 10.1. The van der Waals surface area contributed by atoms with Gasteiger partial charge in [0.25, 0.3) is 0 Å². The van der Waals surface area contributed by atoms with Crippen LogP contribution in [-0.4, -0.2) is 18.1 Å². The van der Waals surface area contributed by atoms with Crippen molar-refractivity contribution < 1.29 is 4.79 Å². The molecule has 0 unspecified atom stereocenters. The van der Waals surface area contributed by atoms with Gasteiger partial charge in [0.15, 0.2) is 0 Å². The highest BCUT2D eigenvalue weighted by Gasteiger charge is 2.36. The maximum absolute atomic E-state index is 11.2. The van der Waals surface area contributed by atoms with E-state index in [1.807, 2.05) is 13.8 Å². The van der Waals surface area contributed by atoms with Gasteiger partial charge in [0, 0.05) is 12.1 Å². The maximum atomic E-state index is 11.2. The fourth-order valence-corrected chi connectivity index (χ4v) is 1.87. The van der Waals surface area contributed by atoms with Gasteiger partial charge in [0.05, 0.1) is 0 Å². The summed E-state index contributed by atoms with van der Waals surface area (Å²) in [5, 5.41) is 5.77. The van der Waals surface area contributed by atoms with Crippen LogP contribution in [0.5, 0.6) is 0 Å². The predicted molar refractivity (Wildman–Crippen MR) is 53.6 cm³/mol. The third-order valence-corrected chi connectivity index (χ3v) is 2.35. The van der Waals surface area contributed by atoms with E-state index in [-0.39, 0.29) is 12.1 Å². The summed E-state index contributed by atoms with van der Waals surface area (Å²) >= 11 is 0. The molecule has 0 aromatic rings. The Morgan fingerprint density at radius 3 is 2.31 bits per heavy atom. The van der Waals surface area contributed by atoms with Crippen molar-refractivity contribution >= 4 is 6.03 Å². The lowest BCUT2D eigenvalue weighted by Gasteiger charge is -2.42. The van der Waals surface area contributed by atoms with Gasteiger partial charge in [-0.15, -0.1) is 0 Å². The second-order valence-corrected chi connectivity index (χ2v) is 5.04. The molecule has 0 aromatic heterocycles. The molecule has 1 rings (SSSR count). The molecule has 3 nitrogen and oxygen atoms in total. The summed E-state index contributed by atoms with van der Waals surface area (Å²) in [5.41, 5.74) is 0.426. The Labute approximate surface area is 80.3 Å². The summed E-state index contributed by atoms with van der Waals surface area (Å²) in [5.74, 6) is 0. The lowest BCUT2D eigenvalue weighted by Crippen LogP contribution is -2.52. The van der Waals surface area contributed by atoms with Crippen molar-refractivity contribution in [3.63, 3.8) is 0 Å². The van der Waals surface area contributed by atoms with Gasteiger partial charge in [-0.2, -0.15) is 0 Å². The fourth-order valence-electron chi connectivity index (χ4n) is 1.87. The van der Waals surface area contributed by atoms with E-state index in [1.165, 1.54) is 0 Å². The molecule has 3 heteroatoms. The molecule has 76 valence electrons. The second kappa shape index (κ2) is 3.56. The first-order valence-electron chi connectivity index (χ1n) is 4.96. The minimum Gasteiger partial charge on any atom is -0.336 e. The van der Waals surface area contributed by atoms with Gasteiger partial charge in [-0.3, -0.25) is 0 Å². The molecule has 1 aliphatic rings. The number of carbonyl (C=O) groups excluding carboxylic acids is 1. The number of hydrogen-bond donors (Lipinski definition) is 2. The lowest BCUT2D eigenvalue weighted by molar-refractivity contribution is 0.129. The van der Waals surface area contributed by atoms with Crippen LogP contribution >= 0.6 is 0 Å². The third kappa shape index (κ3) is 3.25. The van der Waals surface area contributed by atoms with Gasteiger partial charge in [-0.25, -0.2) is 4.79 Å². The first-order valence-corrected chi connectivity index (χ1v) is 4.96. The molecule has 0 atom stereocenters. The van der Waals surface area contributed by atoms with E-state index < -0.39 is 0 Å². The molecule has 0 spiro atoms. The first kappa shape index (κ1) is 10.4. The SMILES string of the molecule is CC(C)NC(=O)NC1CC(C)(C)C1. The van der Waals surface area contributed by atoms with Crippen LogP contribution in [-0.2, 0) is 0 Å². The number of carbonyl (C=O) groups is 1. The number of hydrogen-bond acceptors (Lipinski definition) is 1. The number of rotatable bonds is 2. The highest BCUT2D eigenvalue weighted by Crippen LogP contribution is 2.39.